The predicted octanol–water partition coefficient (Wildman–Crippen LogP) is 14.6. The third kappa shape index (κ3) is 43.3. The number of unbranched alkanes of at least 4 members (excludes halogenated alkanes) is 17. The van der Waals surface area contributed by atoms with Crippen LogP contribution in [0.5, 0.6) is 0 Å². The number of ether oxygens (including phenoxy) is 3. The van der Waals surface area contributed by atoms with Crippen LogP contribution in [0.3, 0.4) is 0 Å². The molecule has 0 heterocycles. The van der Waals surface area contributed by atoms with Crippen LogP contribution in [0.2, 0.25) is 0 Å². The fraction of sp³-hybridized carbons (Fsp3) is 0.627. The van der Waals surface area contributed by atoms with Crippen LogP contribution in [-0.4, -0.2) is 37.2 Å². The first kappa shape index (κ1) is 53.3. The molecule has 57 heavy (non-hydrogen) atoms. The van der Waals surface area contributed by atoms with Crippen LogP contribution in [0.25, 0.3) is 0 Å². The van der Waals surface area contributed by atoms with Crippen LogP contribution >= 0.6 is 0 Å². The summed E-state index contributed by atoms with van der Waals surface area (Å²) in [5.41, 5.74) is 0. The third-order valence-corrected chi connectivity index (χ3v) is 9.21. The number of hydrogen-bond donors (Lipinski definition) is 0. The second-order valence-electron chi connectivity index (χ2n) is 14.7. The Morgan fingerprint density at radius 3 is 1.14 bits per heavy atom. The van der Waals surface area contributed by atoms with Crippen molar-refractivity contribution >= 4 is 17.9 Å². The highest BCUT2D eigenvalue weighted by Gasteiger charge is 2.19. The van der Waals surface area contributed by atoms with Crippen LogP contribution in [-0.2, 0) is 28.6 Å². The maximum absolute atomic E-state index is 12.7. The molecule has 6 nitrogen and oxygen atoms in total. The molecule has 0 fully saturated rings. The van der Waals surface area contributed by atoms with Gasteiger partial charge in [0.1, 0.15) is 13.2 Å². The Labute approximate surface area is 349 Å². The van der Waals surface area contributed by atoms with Crippen LogP contribution < -0.4 is 0 Å². The lowest BCUT2D eigenvalue weighted by atomic mass is 10.1. The molecule has 0 aromatic heterocycles. The molecule has 0 rings (SSSR count). The highest BCUT2D eigenvalue weighted by Crippen LogP contribution is 2.12. The summed E-state index contributed by atoms with van der Waals surface area (Å²) in [6.45, 7) is 6.26. The van der Waals surface area contributed by atoms with Gasteiger partial charge in [-0.1, -0.05) is 182 Å². The fourth-order valence-corrected chi connectivity index (χ4v) is 5.80. The van der Waals surface area contributed by atoms with E-state index in [0.29, 0.717) is 19.3 Å². The normalized spacial score (nSPS) is 13.0. The van der Waals surface area contributed by atoms with E-state index in [0.717, 1.165) is 109 Å². The van der Waals surface area contributed by atoms with Gasteiger partial charge < -0.3 is 14.2 Å². The Kier molecular flexibility index (Phi) is 42.1. The average molecular weight is 791 g/mol. The highest BCUT2D eigenvalue weighted by molar-refractivity contribution is 5.71. The number of hydrogen-bond acceptors (Lipinski definition) is 6. The fourth-order valence-electron chi connectivity index (χ4n) is 5.80. The first-order chi connectivity index (χ1) is 28.0. The van der Waals surface area contributed by atoms with E-state index in [2.05, 4.69) is 75.5 Å². The monoisotopic (exact) mass is 791 g/mol. The van der Waals surface area contributed by atoms with Crippen molar-refractivity contribution < 1.29 is 28.6 Å². The van der Waals surface area contributed by atoms with E-state index in [1.54, 1.807) is 0 Å². The molecule has 0 amide bonds. The summed E-state index contributed by atoms with van der Waals surface area (Å²) in [5.74, 6) is -0.994. The van der Waals surface area contributed by atoms with Crippen molar-refractivity contribution in [3.05, 3.63) is 97.2 Å². The van der Waals surface area contributed by atoms with Crippen LogP contribution in [0.4, 0.5) is 0 Å². The van der Waals surface area contributed by atoms with Gasteiger partial charge in [-0.2, -0.15) is 0 Å². The van der Waals surface area contributed by atoms with Gasteiger partial charge in [-0.05, 0) is 83.5 Å². The Morgan fingerprint density at radius 1 is 0.368 bits per heavy atom. The molecule has 1 atom stereocenters. The molecular weight excluding hydrogens is 709 g/mol. The minimum absolute atomic E-state index is 0.108. The number of esters is 3. The van der Waals surface area contributed by atoms with Crippen LogP contribution in [0, 0.1) is 0 Å². The summed E-state index contributed by atoms with van der Waals surface area (Å²) in [6.07, 6.45) is 58.2. The van der Waals surface area contributed by atoms with Crippen molar-refractivity contribution in [1.82, 2.24) is 0 Å². The van der Waals surface area contributed by atoms with Crippen molar-refractivity contribution in [2.24, 2.45) is 0 Å². The summed E-state index contributed by atoms with van der Waals surface area (Å²) in [4.78, 5) is 37.8. The van der Waals surface area contributed by atoms with Crippen molar-refractivity contribution in [2.75, 3.05) is 13.2 Å². The van der Waals surface area contributed by atoms with E-state index in [1.165, 1.54) is 38.5 Å². The standard InChI is InChI=1S/C51H82O6/c1-4-7-10-13-16-19-22-25-28-31-34-37-40-43-49(52)55-46-48(57-51(54)45-42-39-36-33-30-27-24-21-18-15-12-9-6-3)47-56-50(53)44-41-38-35-32-29-26-23-20-17-14-11-8-5-2/h7,9-10,12-13,15-16,18-19,21-22,24-26,28-29,48H,4-6,8,11,14,17,20,23,27,30-47H2,1-3H3/b10-7+,12-9+,16-13+,18-15+,22-19+,24-21+,28-25+,29-26+. The molecule has 0 aliphatic rings. The molecule has 0 aromatic carbocycles. The smallest absolute Gasteiger partial charge is 0.306 e. The molecule has 1 unspecified atom stereocenters. The Hall–Kier alpha value is -3.67. The lowest BCUT2D eigenvalue weighted by molar-refractivity contribution is -0.167. The maximum atomic E-state index is 12.7. The molecule has 0 N–H and O–H groups in total. The zero-order valence-corrected chi connectivity index (χ0v) is 36.6. The summed E-state index contributed by atoms with van der Waals surface area (Å²) < 4.78 is 16.6. The van der Waals surface area contributed by atoms with Gasteiger partial charge in [0.15, 0.2) is 6.10 Å². The molecule has 0 saturated carbocycles. The van der Waals surface area contributed by atoms with Crippen LogP contribution in [0.15, 0.2) is 97.2 Å². The summed E-state index contributed by atoms with van der Waals surface area (Å²) in [7, 11) is 0. The largest absolute Gasteiger partial charge is 0.462 e. The maximum Gasteiger partial charge on any atom is 0.306 e. The average Bonchev–Trinajstić information content (AvgIpc) is 3.21. The van der Waals surface area contributed by atoms with Gasteiger partial charge in [-0.25, -0.2) is 0 Å². The Balaban J connectivity index is 4.53. The van der Waals surface area contributed by atoms with Crippen molar-refractivity contribution in [3.63, 3.8) is 0 Å². The highest BCUT2D eigenvalue weighted by atomic mass is 16.6. The molecule has 0 saturated heterocycles. The summed E-state index contributed by atoms with van der Waals surface area (Å²) >= 11 is 0. The van der Waals surface area contributed by atoms with Crippen molar-refractivity contribution in [2.45, 2.75) is 194 Å². The molecule has 0 bridgehead atoms. The van der Waals surface area contributed by atoms with Gasteiger partial charge >= 0.3 is 17.9 Å². The summed E-state index contributed by atoms with van der Waals surface area (Å²) in [6, 6.07) is 0. The molecule has 0 aromatic rings. The minimum atomic E-state index is -0.809. The minimum Gasteiger partial charge on any atom is -0.462 e. The SMILES string of the molecule is CC/C=C/C=C/C=C/C=C/CCCCCC(=O)OCC(COC(=O)CCCCC/C=C/CCCCCCCC)OC(=O)CCCCCCC/C=C/C=C/C=C/CC. The van der Waals surface area contributed by atoms with Crippen molar-refractivity contribution in [1.29, 1.82) is 0 Å². The topological polar surface area (TPSA) is 78.9 Å². The van der Waals surface area contributed by atoms with E-state index in [-0.39, 0.29) is 31.1 Å². The molecule has 0 aliphatic heterocycles. The first-order valence-electron chi connectivity index (χ1n) is 22.8. The van der Waals surface area contributed by atoms with Gasteiger partial charge in [0.25, 0.3) is 0 Å². The zero-order chi connectivity index (χ0) is 41.5. The molecular formula is C51H82O6. The first-order valence-corrected chi connectivity index (χ1v) is 22.8. The number of rotatable bonds is 39. The van der Waals surface area contributed by atoms with Gasteiger partial charge in [-0.3, -0.25) is 14.4 Å². The van der Waals surface area contributed by atoms with Crippen LogP contribution in [0.1, 0.15) is 188 Å². The second-order valence-corrected chi connectivity index (χ2v) is 14.7. The van der Waals surface area contributed by atoms with E-state index in [4.69, 9.17) is 14.2 Å². The van der Waals surface area contributed by atoms with E-state index < -0.39 is 6.10 Å². The molecule has 322 valence electrons. The second kappa shape index (κ2) is 45.0. The van der Waals surface area contributed by atoms with E-state index in [9.17, 15) is 14.4 Å². The Bertz CT molecular complexity index is 1180. The number of carbonyl (C=O) groups is 3. The number of carbonyl (C=O) groups excluding carboxylic acids is 3. The van der Waals surface area contributed by atoms with Gasteiger partial charge in [-0.15, -0.1) is 0 Å². The van der Waals surface area contributed by atoms with E-state index >= 15 is 0 Å². The zero-order valence-electron chi connectivity index (χ0n) is 36.6. The van der Waals surface area contributed by atoms with Crippen molar-refractivity contribution in [3.8, 4) is 0 Å². The van der Waals surface area contributed by atoms with Gasteiger partial charge in [0.05, 0.1) is 0 Å². The van der Waals surface area contributed by atoms with Gasteiger partial charge in [0, 0.05) is 19.3 Å². The molecule has 6 heteroatoms. The van der Waals surface area contributed by atoms with Gasteiger partial charge in [0.2, 0.25) is 0 Å². The quantitative estimate of drug-likeness (QED) is 0.0203. The lowest BCUT2D eigenvalue weighted by Gasteiger charge is -2.18. The molecule has 0 spiro atoms. The number of allylic oxidation sites excluding steroid dienone is 16. The van der Waals surface area contributed by atoms with E-state index in [1.807, 2.05) is 42.5 Å². The third-order valence-electron chi connectivity index (χ3n) is 9.21. The molecule has 0 radical (unpaired) electrons. The Morgan fingerprint density at radius 2 is 0.702 bits per heavy atom. The molecule has 0 aliphatic carbocycles. The summed E-state index contributed by atoms with van der Waals surface area (Å²) in [5, 5.41) is 0. The lowest BCUT2D eigenvalue weighted by Crippen LogP contribution is -2.30. The predicted molar refractivity (Wildman–Crippen MR) is 242 cm³/mol.